The number of azide groups is 1. The molecule has 1 aromatic carbocycles. The molecule has 0 aromatic heterocycles. The molecule has 0 amide bonds. The van der Waals surface area contributed by atoms with Crippen LogP contribution in [0.5, 0.6) is 0 Å². The summed E-state index contributed by atoms with van der Waals surface area (Å²) >= 11 is 5.80. The van der Waals surface area contributed by atoms with Gasteiger partial charge >= 0.3 is 0 Å². The van der Waals surface area contributed by atoms with Crippen molar-refractivity contribution in [1.82, 2.24) is 0 Å². The minimum atomic E-state index is -1.13. The van der Waals surface area contributed by atoms with E-state index < -0.39 is 12.2 Å². The maximum atomic E-state index is 9.83. The Morgan fingerprint density at radius 2 is 2.19 bits per heavy atom. The van der Waals surface area contributed by atoms with Crippen LogP contribution >= 0.6 is 11.6 Å². The van der Waals surface area contributed by atoms with Crippen LogP contribution in [0, 0.1) is 6.92 Å². The van der Waals surface area contributed by atoms with E-state index in [1.807, 2.05) is 0 Å². The molecular weight excluding hydrogens is 230 g/mol. The van der Waals surface area contributed by atoms with Crippen LogP contribution in [0.1, 0.15) is 17.2 Å². The van der Waals surface area contributed by atoms with Gasteiger partial charge < -0.3 is 10.2 Å². The highest BCUT2D eigenvalue weighted by molar-refractivity contribution is 6.30. The van der Waals surface area contributed by atoms with E-state index in [4.69, 9.17) is 17.1 Å². The van der Waals surface area contributed by atoms with E-state index in [1.165, 1.54) is 0 Å². The van der Waals surface area contributed by atoms with E-state index in [2.05, 4.69) is 10.0 Å². The molecule has 0 aliphatic rings. The smallest absolute Gasteiger partial charge is 0.105 e. The summed E-state index contributed by atoms with van der Waals surface area (Å²) in [5, 5.41) is 23.1. The fraction of sp³-hybridized carbons (Fsp3) is 0.400. The van der Waals surface area contributed by atoms with E-state index in [0.717, 1.165) is 5.56 Å². The van der Waals surface area contributed by atoms with Crippen molar-refractivity contribution in [3.63, 3.8) is 0 Å². The molecule has 0 saturated heterocycles. The van der Waals surface area contributed by atoms with Crippen molar-refractivity contribution in [2.24, 2.45) is 5.11 Å². The van der Waals surface area contributed by atoms with Gasteiger partial charge in [0.05, 0.1) is 12.6 Å². The van der Waals surface area contributed by atoms with E-state index in [0.29, 0.717) is 10.6 Å². The van der Waals surface area contributed by atoms with Crippen LogP contribution < -0.4 is 0 Å². The molecule has 0 saturated carbocycles. The average molecular weight is 242 g/mol. The zero-order valence-electron chi connectivity index (χ0n) is 8.71. The fourth-order valence-corrected chi connectivity index (χ4v) is 1.54. The minimum absolute atomic E-state index is 0.177. The summed E-state index contributed by atoms with van der Waals surface area (Å²) < 4.78 is 0. The second-order valence-electron chi connectivity index (χ2n) is 3.43. The number of aryl methyl sites for hydroxylation is 1. The Hall–Kier alpha value is -1.26. The molecule has 2 atom stereocenters. The first-order valence-electron chi connectivity index (χ1n) is 4.69. The maximum absolute atomic E-state index is 9.83. The Kier molecular flexibility index (Phi) is 4.58. The van der Waals surface area contributed by atoms with E-state index in [9.17, 15) is 10.2 Å². The largest absolute Gasteiger partial charge is 0.390 e. The van der Waals surface area contributed by atoms with Gasteiger partial charge in [0, 0.05) is 9.93 Å². The fourth-order valence-electron chi connectivity index (χ4n) is 1.36. The van der Waals surface area contributed by atoms with Gasteiger partial charge in [-0.25, -0.2) is 0 Å². The molecule has 1 rings (SSSR count). The van der Waals surface area contributed by atoms with Crippen molar-refractivity contribution >= 4 is 11.6 Å². The number of benzene rings is 1. The summed E-state index contributed by atoms with van der Waals surface area (Å²) in [6, 6.07) is 5.04. The minimum Gasteiger partial charge on any atom is -0.390 e. The van der Waals surface area contributed by atoms with Crippen molar-refractivity contribution in [2.45, 2.75) is 19.1 Å². The lowest BCUT2D eigenvalue weighted by atomic mass is 9.99. The Labute approximate surface area is 97.9 Å². The number of aliphatic hydroxyl groups excluding tert-OH is 2. The number of nitrogens with zero attached hydrogens (tertiary/aromatic N) is 3. The number of rotatable bonds is 4. The molecule has 1 aromatic rings. The van der Waals surface area contributed by atoms with E-state index in [1.54, 1.807) is 25.1 Å². The predicted octanol–water partition coefficient (Wildman–Crippen LogP) is 2.35. The van der Waals surface area contributed by atoms with Crippen LogP contribution in [0.15, 0.2) is 23.3 Å². The third kappa shape index (κ3) is 3.12. The highest BCUT2D eigenvalue weighted by Gasteiger charge is 2.19. The normalized spacial score (nSPS) is 14.0. The zero-order chi connectivity index (χ0) is 12.1. The topological polar surface area (TPSA) is 89.2 Å². The Morgan fingerprint density at radius 3 is 2.81 bits per heavy atom. The quantitative estimate of drug-likeness (QED) is 0.481. The highest BCUT2D eigenvalue weighted by Crippen LogP contribution is 2.24. The van der Waals surface area contributed by atoms with Gasteiger partial charge in [-0.1, -0.05) is 22.8 Å². The van der Waals surface area contributed by atoms with Crippen LogP contribution in [-0.4, -0.2) is 22.9 Å². The monoisotopic (exact) mass is 241 g/mol. The third-order valence-corrected chi connectivity index (χ3v) is 2.49. The molecule has 0 aliphatic heterocycles. The first-order chi connectivity index (χ1) is 7.56. The molecule has 2 unspecified atom stereocenters. The van der Waals surface area contributed by atoms with Crippen LogP contribution in [0.25, 0.3) is 10.4 Å². The van der Waals surface area contributed by atoms with Gasteiger partial charge in [0.2, 0.25) is 0 Å². The summed E-state index contributed by atoms with van der Waals surface area (Å²) in [5.41, 5.74) is 9.46. The lowest BCUT2D eigenvalue weighted by Crippen LogP contribution is -2.21. The highest BCUT2D eigenvalue weighted by atomic mass is 35.5. The van der Waals surface area contributed by atoms with E-state index in [-0.39, 0.29) is 6.54 Å². The van der Waals surface area contributed by atoms with Gasteiger partial charge in [-0.15, -0.1) is 0 Å². The van der Waals surface area contributed by atoms with Gasteiger partial charge in [-0.3, -0.25) is 0 Å². The SMILES string of the molecule is Cc1ccc(Cl)cc1C(O)C(O)CN=[N+]=[N-]. The Morgan fingerprint density at radius 1 is 1.50 bits per heavy atom. The molecule has 0 fully saturated rings. The first-order valence-corrected chi connectivity index (χ1v) is 5.07. The molecule has 0 heterocycles. The molecular formula is C10H12ClN3O2. The third-order valence-electron chi connectivity index (χ3n) is 2.26. The number of aliphatic hydroxyl groups is 2. The van der Waals surface area contributed by atoms with Crippen LogP contribution in [0.4, 0.5) is 0 Å². The zero-order valence-corrected chi connectivity index (χ0v) is 9.46. The van der Waals surface area contributed by atoms with Gasteiger partial charge in [-0.2, -0.15) is 0 Å². The molecule has 86 valence electrons. The van der Waals surface area contributed by atoms with Crippen molar-refractivity contribution in [1.29, 1.82) is 0 Å². The predicted molar refractivity (Wildman–Crippen MR) is 61.2 cm³/mol. The second-order valence-corrected chi connectivity index (χ2v) is 3.86. The summed E-state index contributed by atoms with van der Waals surface area (Å²) in [4.78, 5) is 2.52. The standard InChI is InChI=1S/C10H12ClN3O2/c1-6-2-3-7(11)4-8(6)10(16)9(15)5-13-14-12/h2-4,9-10,15-16H,5H2,1H3. The van der Waals surface area contributed by atoms with Gasteiger partial charge in [0.1, 0.15) is 6.10 Å². The maximum Gasteiger partial charge on any atom is 0.105 e. The van der Waals surface area contributed by atoms with Gasteiger partial charge in [0.25, 0.3) is 0 Å². The molecule has 0 radical (unpaired) electrons. The molecule has 2 N–H and O–H groups in total. The van der Waals surface area contributed by atoms with Crippen molar-refractivity contribution in [3.8, 4) is 0 Å². The number of halogens is 1. The van der Waals surface area contributed by atoms with Crippen LogP contribution in [0.2, 0.25) is 5.02 Å². The Bertz CT molecular complexity index is 419. The molecule has 0 spiro atoms. The summed E-state index contributed by atoms with van der Waals surface area (Å²) in [6.45, 7) is 1.62. The van der Waals surface area contributed by atoms with Crippen molar-refractivity contribution < 1.29 is 10.2 Å². The van der Waals surface area contributed by atoms with Gasteiger partial charge in [-0.05, 0) is 35.7 Å². The number of hydrogen-bond acceptors (Lipinski definition) is 3. The molecule has 0 aliphatic carbocycles. The number of hydrogen-bond donors (Lipinski definition) is 2. The molecule has 6 heteroatoms. The second kappa shape index (κ2) is 5.72. The lowest BCUT2D eigenvalue weighted by Gasteiger charge is -2.18. The van der Waals surface area contributed by atoms with Crippen LogP contribution in [0.3, 0.4) is 0 Å². The van der Waals surface area contributed by atoms with Crippen LogP contribution in [-0.2, 0) is 0 Å². The average Bonchev–Trinajstić information content (AvgIpc) is 2.28. The lowest BCUT2D eigenvalue weighted by molar-refractivity contribution is 0.0240. The molecule has 5 nitrogen and oxygen atoms in total. The molecule has 16 heavy (non-hydrogen) atoms. The Balaban J connectivity index is 2.90. The van der Waals surface area contributed by atoms with Crippen molar-refractivity contribution in [2.75, 3.05) is 6.54 Å². The first kappa shape index (κ1) is 12.8. The summed E-state index contributed by atoms with van der Waals surface area (Å²) in [5.74, 6) is 0. The van der Waals surface area contributed by atoms with Gasteiger partial charge in [0.15, 0.2) is 0 Å². The summed E-state index contributed by atoms with van der Waals surface area (Å²) in [6.07, 6.45) is -2.24. The summed E-state index contributed by atoms with van der Waals surface area (Å²) in [7, 11) is 0. The van der Waals surface area contributed by atoms with Crippen molar-refractivity contribution in [3.05, 3.63) is 44.8 Å². The molecule has 0 bridgehead atoms. The van der Waals surface area contributed by atoms with E-state index >= 15 is 0 Å².